The van der Waals surface area contributed by atoms with E-state index in [0.29, 0.717) is 18.8 Å². The van der Waals surface area contributed by atoms with E-state index in [0.717, 1.165) is 11.3 Å². The summed E-state index contributed by atoms with van der Waals surface area (Å²) in [5, 5.41) is 2.91. The Labute approximate surface area is 152 Å². The summed E-state index contributed by atoms with van der Waals surface area (Å²) in [6.07, 6.45) is 0. The quantitative estimate of drug-likeness (QED) is 0.794. The van der Waals surface area contributed by atoms with E-state index in [1.807, 2.05) is 43.1 Å². The predicted molar refractivity (Wildman–Crippen MR) is 98.6 cm³/mol. The number of benzene rings is 2. The lowest BCUT2D eigenvalue weighted by molar-refractivity contribution is -0.120. The van der Waals surface area contributed by atoms with Crippen LogP contribution in [0.25, 0.3) is 0 Å². The Morgan fingerprint density at radius 1 is 1.28 bits per heavy atom. The molecule has 0 aliphatic heterocycles. The van der Waals surface area contributed by atoms with Gasteiger partial charge in [-0.25, -0.2) is 4.39 Å². The first-order valence-corrected chi connectivity index (χ1v) is 8.46. The van der Waals surface area contributed by atoms with E-state index in [1.54, 1.807) is 6.92 Å². The van der Waals surface area contributed by atoms with Gasteiger partial charge in [-0.2, -0.15) is 0 Å². The number of likely N-dealkylation sites (N-methyl/N-ethyl adjacent to an activating group) is 1. The van der Waals surface area contributed by atoms with Gasteiger partial charge in [0.2, 0.25) is 5.91 Å². The largest absolute Gasteiger partial charge is 0.494 e. The van der Waals surface area contributed by atoms with Crippen LogP contribution in [0.2, 0.25) is 5.02 Å². The van der Waals surface area contributed by atoms with E-state index in [9.17, 15) is 9.18 Å². The zero-order valence-corrected chi connectivity index (χ0v) is 15.3. The number of hydrogen-bond donors (Lipinski definition) is 1. The van der Waals surface area contributed by atoms with Crippen molar-refractivity contribution in [1.82, 2.24) is 4.90 Å². The van der Waals surface area contributed by atoms with Gasteiger partial charge in [0.05, 0.1) is 23.4 Å². The van der Waals surface area contributed by atoms with E-state index in [-0.39, 0.29) is 17.0 Å². The first-order chi connectivity index (χ1) is 11.9. The number of nitrogens with zero attached hydrogens (tertiary/aromatic N) is 1. The van der Waals surface area contributed by atoms with Gasteiger partial charge in [-0.1, -0.05) is 23.7 Å². The molecule has 0 aromatic heterocycles. The smallest absolute Gasteiger partial charge is 0.241 e. The fourth-order valence-electron chi connectivity index (χ4n) is 2.31. The molecule has 2 rings (SSSR count). The fraction of sp³-hybridized carbons (Fsp3) is 0.316. The van der Waals surface area contributed by atoms with E-state index >= 15 is 0 Å². The molecule has 1 atom stereocenters. The summed E-state index contributed by atoms with van der Waals surface area (Å²) in [6.45, 7) is 4.98. The third-order valence-corrected chi connectivity index (χ3v) is 4.21. The van der Waals surface area contributed by atoms with Crippen LogP contribution in [0.4, 0.5) is 10.1 Å². The molecule has 0 heterocycles. The summed E-state index contributed by atoms with van der Waals surface area (Å²) in [4.78, 5) is 14.3. The van der Waals surface area contributed by atoms with Gasteiger partial charge in [-0.05, 0) is 56.8 Å². The van der Waals surface area contributed by atoms with Crippen LogP contribution in [0.15, 0.2) is 42.5 Å². The molecule has 1 unspecified atom stereocenters. The Bertz CT molecular complexity index is 722. The van der Waals surface area contributed by atoms with Crippen molar-refractivity contribution in [2.45, 2.75) is 26.4 Å². The molecule has 134 valence electrons. The number of hydrogen-bond acceptors (Lipinski definition) is 3. The zero-order chi connectivity index (χ0) is 18.4. The van der Waals surface area contributed by atoms with Gasteiger partial charge in [0.25, 0.3) is 0 Å². The third kappa shape index (κ3) is 5.44. The van der Waals surface area contributed by atoms with Crippen molar-refractivity contribution in [1.29, 1.82) is 0 Å². The molecule has 0 bridgehead atoms. The van der Waals surface area contributed by atoms with Crippen LogP contribution in [0.1, 0.15) is 19.4 Å². The fourth-order valence-corrected chi connectivity index (χ4v) is 2.53. The first-order valence-electron chi connectivity index (χ1n) is 8.08. The molecular weight excluding hydrogens is 343 g/mol. The molecule has 2 aromatic rings. The SMILES string of the molecule is CCOc1ccc(CN(C)C(C)C(=O)Nc2ccc(F)cc2Cl)cc1. The molecular formula is C19H22ClFN2O2. The second kappa shape index (κ2) is 8.83. The molecule has 6 heteroatoms. The van der Waals surface area contributed by atoms with Crippen molar-refractivity contribution in [2.75, 3.05) is 19.0 Å². The number of carbonyl (C=O) groups excluding carboxylic acids is 1. The summed E-state index contributed by atoms with van der Waals surface area (Å²) in [5.74, 6) is 0.177. The molecule has 4 nitrogen and oxygen atoms in total. The van der Waals surface area contributed by atoms with Crippen molar-refractivity contribution in [3.8, 4) is 5.75 Å². The van der Waals surface area contributed by atoms with Crippen molar-refractivity contribution >= 4 is 23.2 Å². The van der Waals surface area contributed by atoms with Gasteiger partial charge in [0.15, 0.2) is 0 Å². The molecule has 25 heavy (non-hydrogen) atoms. The molecule has 1 N–H and O–H groups in total. The molecule has 0 saturated heterocycles. The van der Waals surface area contributed by atoms with Crippen molar-refractivity contribution in [2.24, 2.45) is 0 Å². The first kappa shape index (κ1) is 19.2. The zero-order valence-electron chi connectivity index (χ0n) is 14.6. The lowest BCUT2D eigenvalue weighted by Gasteiger charge is -2.24. The van der Waals surface area contributed by atoms with E-state index in [2.05, 4.69) is 5.32 Å². The van der Waals surface area contributed by atoms with Crippen LogP contribution in [0.5, 0.6) is 5.75 Å². The van der Waals surface area contributed by atoms with E-state index in [1.165, 1.54) is 18.2 Å². The average molecular weight is 365 g/mol. The average Bonchev–Trinajstić information content (AvgIpc) is 2.58. The number of halogens is 2. The highest BCUT2D eigenvalue weighted by molar-refractivity contribution is 6.33. The van der Waals surface area contributed by atoms with Crippen molar-refractivity contribution in [3.05, 3.63) is 58.9 Å². The number of carbonyl (C=O) groups is 1. The standard InChI is InChI=1S/C19H22ClFN2O2/c1-4-25-16-8-5-14(6-9-16)12-23(3)13(2)19(24)22-18-10-7-15(21)11-17(18)20/h5-11,13H,4,12H2,1-3H3,(H,22,24). The van der Waals surface area contributed by atoms with Crippen LogP contribution in [-0.2, 0) is 11.3 Å². The molecule has 0 aliphatic rings. The minimum atomic E-state index is -0.441. The summed E-state index contributed by atoms with van der Waals surface area (Å²) < 4.78 is 18.5. The Morgan fingerprint density at radius 2 is 1.96 bits per heavy atom. The van der Waals surface area contributed by atoms with Gasteiger partial charge < -0.3 is 10.1 Å². The molecule has 1 amide bonds. The van der Waals surface area contributed by atoms with Crippen molar-refractivity contribution in [3.63, 3.8) is 0 Å². The van der Waals surface area contributed by atoms with Crippen molar-refractivity contribution < 1.29 is 13.9 Å². The highest BCUT2D eigenvalue weighted by Gasteiger charge is 2.19. The second-order valence-corrected chi connectivity index (χ2v) is 6.19. The number of ether oxygens (including phenoxy) is 1. The number of anilines is 1. The van der Waals surface area contributed by atoms with Crippen LogP contribution in [0, 0.1) is 5.82 Å². The maximum absolute atomic E-state index is 13.1. The summed E-state index contributed by atoms with van der Waals surface area (Å²) >= 11 is 5.95. The molecule has 2 aromatic carbocycles. The summed E-state index contributed by atoms with van der Waals surface area (Å²) in [7, 11) is 1.87. The summed E-state index contributed by atoms with van der Waals surface area (Å²) in [6, 6.07) is 11.3. The number of rotatable bonds is 7. The maximum atomic E-state index is 13.1. The number of amides is 1. The molecule has 0 radical (unpaired) electrons. The predicted octanol–water partition coefficient (Wildman–Crippen LogP) is 4.34. The van der Waals surface area contributed by atoms with Gasteiger partial charge >= 0.3 is 0 Å². The number of nitrogens with one attached hydrogen (secondary N) is 1. The highest BCUT2D eigenvalue weighted by atomic mass is 35.5. The minimum Gasteiger partial charge on any atom is -0.494 e. The van der Waals surface area contributed by atoms with Gasteiger partial charge in [-0.3, -0.25) is 9.69 Å². The lowest BCUT2D eigenvalue weighted by atomic mass is 10.1. The molecule has 0 fully saturated rings. The van der Waals surface area contributed by atoms with Crippen LogP contribution >= 0.6 is 11.6 Å². The maximum Gasteiger partial charge on any atom is 0.241 e. The Hall–Kier alpha value is -2.11. The van der Waals surface area contributed by atoms with E-state index < -0.39 is 5.82 Å². The molecule has 0 spiro atoms. The normalized spacial score (nSPS) is 12.1. The third-order valence-electron chi connectivity index (χ3n) is 3.90. The molecule has 0 saturated carbocycles. The van der Waals surface area contributed by atoms with Gasteiger partial charge in [0, 0.05) is 6.54 Å². The highest BCUT2D eigenvalue weighted by Crippen LogP contribution is 2.23. The lowest BCUT2D eigenvalue weighted by Crippen LogP contribution is -2.39. The van der Waals surface area contributed by atoms with Gasteiger partial charge in [-0.15, -0.1) is 0 Å². The summed E-state index contributed by atoms with van der Waals surface area (Å²) in [5.41, 5.74) is 1.47. The van der Waals surface area contributed by atoms with Crippen LogP contribution < -0.4 is 10.1 Å². The Balaban J connectivity index is 1.96. The van der Waals surface area contributed by atoms with E-state index in [4.69, 9.17) is 16.3 Å². The Morgan fingerprint density at radius 3 is 2.56 bits per heavy atom. The van der Waals surface area contributed by atoms with Gasteiger partial charge in [0.1, 0.15) is 11.6 Å². The molecule has 0 aliphatic carbocycles. The van der Waals surface area contributed by atoms with Crippen LogP contribution in [0.3, 0.4) is 0 Å². The topological polar surface area (TPSA) is 41.6 Å². The Kier molecular flexibility index (Phi) is 6.79. The minimum absolute atomic E-state index is 0.176. The second-order valence-electron chi connectivity index (χ2n) is 5.78. The van der Waals surface area contributed by atoms with Crippen LogP contribution in [-0.4, -0.2) is 30.5 Å². The monoisotopic (exact) mass is 364 g/mol.